The van der Waals surface area contributed by atoms with Crippen molar-refractivity contribution in [1.29, 1.82) is 0 Å². The number of rotatable bonds is 4. The monoisotopic (exact) mass is 270 g/mol. The minimum Gasteiger partial charge on any atom is -0.337 e. The summed E-state index contributed by atoms with van der Waals surface area (Å²) in [7, 11) is 0. The molecular formula is C12H12Cl2N2O. The molecule has 0 aliphatic carbocycles. The molecule has 1 N–H and O–H groups in total. The molecule has 0 aliphatic heterocycles. The average Bonchev–Trinajstić information content (AvgIpc) is 2.31. The number of aromatic nitrogens is 1. The maximum absolute atomic E-state index is 11.8. The van der Waals surface area contributed by atoms with Crippen molar-refractivity contribution in [1.82, 2.24) is 10.3 Å². The van der Waals surface area contributed by atoms with Gasteiger partial charge in [-0.3, -0.25) is 4.79 Å². The Balaban J connectivity index is 2.83. The van der Waals surface area contributed by atoms with Crippen LogP contribution in [-0.4, -0.2) is 16.9 Å². The summed E-state index contributed by atoms with van der Waals surface area (Å²) in [5.41, 5.74) is 0.0931. The second-order valence-electron chi connectivity index (χ2n) is 3.45. The van der Waals surface area contributed by atoms with Crippen LogP contribution in [0.3, 0.4) is 0 Å². The van der Waals surface area contributed by atoms with Crippen molar-refractivity contribution in [2.24, 2.45) is 0 Å². The molecule has 1 rings (SSSR count). The van der Waals surface area contributed by atoms with Crippen LogP contribution < -0.4 is 5.32 Å². The van der Waals surface area contributed by atoms with Crippen LogP contribution in [0.15, 0.2) is 12.1 Å². The fourth-order valence-electron chi connectivity index (χ4n) is 1.29. The van der Waals surface area contributed by atoms with E-state index in [0.29, 0.717) is 6.42 Å². The van der Waals surface area contributed by atoms with Crippen molar-refractivity contribution in [3.8, 4) is 12.3 Å². The summed E-state index contributed by atoms with van der Waals surface area (Å²) >= 11 is 11.6. The Labute approximate surface area is 111 Å². The van der Waals surface area contributed by atoms with Crippen molar-refractivity contribution < 1.29 is 4.79 Å². The van der Waals surface area contributed by atoms with Gasteiger partial charge in [0.05, 0.1) is 11.1 Å². The molecule has 1 aromatic heterocycles. The van der Waals surface area contributed by atoms with Crippen LogP contribution in [0, 0.1) is 12.3 Å². The predicted molar refractivity (Wildman–Crippen MR) is 69.3 cm³/mol. The lowest BCUT2D eigenvalue weighted by Gasteiger charge is -2.12. The molecule has 90 valence electrons. The van der Waals surface area contributed by atoms with Gasteiger partial charge in [0.25, 0.3) is 5.91 Å². The molecule has 0 bridgehead atoms. The van der Waals surface area contributed by atoms with Crippen LogP contribution in [0.25, 0.3) is 0 Å². The van der Waals surface area contributed by atoms with E-state index in [2.05, 4.69) is 16.2 Å². The topological polar surface area (TPSA) is 42.0 Å². The summed E-state index contributed by atoms with van der Waals surface area (Å²) in [6.45, 7) is 1.99. The molecule has 17 heavy (non-hydrogen) atoms. The number of halogens is 2. The summed E-state index contributed by atoms with van der Waals surface area (Å²) in [5.74, 6) is 2.09. The zero-order chi connectivity index (χ0) is 12.8. The highest BCUT2D eigenvalue weighted by molar-refractivity contribution is 6.34. The van der Waals surface area contributed by atoms with E-state index in [0.717, 1.165) is 6.42 Å². The minimum absolute atomic E-state index is 0.0931. The molecule has 0 aromatic carbocycles. The van der Waals surface area contributed by atoms with E-state index in [1.54, 1.807) is 0 Å². The van der Waals surface area contributed by atoms with E-state index in [9.17, 15) is 4.79 Å². The number of nitrogens with one attached hydrogen (secondary N) is 1. The molecule has 0 radical (unpaired) electrons. The highest BCUT2D eigenvalue weighted by atomic mass is 35.5. The van der Waals surface area contributed by atoms with Gasteiger partial charge in [-0.05, 0) is 18.6 Å². The fraction of sp³-hybridized carbons (Fsp3) is 0.333. The van der Waals surface area contributed by atoms with Crippen molar-refractivity contribution in [3.05, 3.63) is 28.0 Å². The molecule has 3 nitrogen and oxygen atoms in total. The minimum atomic E-state index is -0.408. The largest absolute Gasteiger partial charge is 0.337 e. The molecule has 1 atom stereocenters. The van der Waals surface area contributed by atoms with Gasteiger partial charge in [-0.15, -0.1) is 6.42 Å². The van der Waals surface area contributed by atoms with E-state index >= 15 is 0 Å². The number of nitrogens with zero attached hydrogens (tertiary/aromatic N) is 1. The molecule has 0 aliphatic rings. The molecule has 0 saturated carbocycles. The highest BCUT2D eigenvalue weighted by Crippen LogP contribution is 2.16. The lowest BCUT2D eigenvalue weighted by molar-refractivity contribution is 0.0939. The van der Waals surface area contributed by atoms with Crippen molar-refractivity contribution in [2.45, 2.75) is 25.8 Å². The first-order chi connectivity index (χ1) is 8.08. The summed E-state index contributed by atoms with van der Waals surface area (Å²) in [6, 6.07) is 2.73. The summed E-state index contributed by atoms with van der Waals surface area (Å²) in [4.78, 5) is 15.7. The second kappa shape index (κ2) is 6.48. The highest BCUT2D eigenvalue weighted by Gasteiger charge is 2.15. The zero-order valence-electron chi connectivity index (χ0n) is 9.34. The standard InChI is InChI=1S/C12H12Cl2N2O/c1-3-5-8(4-2)15-12(17)11-9(13)6-7-10(14)16-11/h2,6-8H,3,5H2,1H3,(H,15,17). The van der Waals surface area contributed by atoms with E-state index in [-0.39, 0.29) is 21.9 Å². The molecule has 0 spiro atoms. The molecule has 0 saturated heterocycles. The van der Waals surface area contributed by atoms with E-state index in [4.69, 9.17) is 29.6 Å². The molecule has 1 heterocycles. The van der Waals surface area contributed by atoms with Crippen LogP contribution in [0.1, 0.15) is 30.3 Å². The SMILES string of the molecule is C#CC(CCC)NC(=O)c1nc(Cl)ccc1Cl. The predicted octanol–water partition coefficient (Wildman–Crippen LogP) is 2.92. The van der Waals surface area contributed by atoms with E-state index in [1.807, 2.05) is 6.92 Å². The maximum Gasteiger partial charge on any atom is 0.272 e. The van der Waals surface area contributed by atoms with Crippen molar-refractivity contribution >= 4 is 29.1 Å². The van der Waals surface area contributed by atoms with Crippen LogP contribution in [0.2, 0.25) is 10.2 Å². The summed E-state index contributed by atoms with van der Waals surface area (Å²) < 4.78 is 0. The average molecular weight is 271 g/mol. The van der Waals surface area contributed by atoms with Gasteiger partial charge in [0.2, 0.25) is 0 Å². The molecule has 0 fully saturated rings. The summed E-state index contributed by atoms with van der Waals surface area (Å²) in [5, 5.41) is 3.14. The number of hydrogen-bond acceptors (Lipinski definition) is 2. The number of carbonyl (C=O) groups excluding carboxylic acids is 1. The number of pyridine rings is 1. The number of hydrogen-bond donors (Lipinski definition) is 1. The Morgan fingerprint density at radius 2 is 2.29 bits per heavy atom. The van der Waals surface area contributed by atoms with Gasteiger partial charge in [0.1, 0.15) is 10.8 Å². The summed E-state index contributed by atoms with van der Waals surface area (Å²) in [6.07, 6.45) is 6.90. The van der Waals surface area contributed by atoms with E-state index < -0.39 is 5.91 Å². The van der Waals surface area contributed by atoms with Gasteiger partial charge in [-0.25, -0.2) is 4.98 Å². The van der Waals surface area contributed by atoms with Crippen LogP contribution in [0.5, 0.6) is 0 Å². The normalized spacial score (nSPS) is 11.6. The lowest BCUT2D eigenvalue weighted by Crippen LogP contribution is -2.34. The first-order valence-corrected chi connectivity index (χ1v) is 5.93. The Morgan fingerprint density at radius 1 is 1.59 bits per heavy atom. The van der Waals surface area contributed by atoms with Crippen molar-refractivity contribution in [3.63, 3.8) is 0 Å². The molecule has 1 aromatic rings. The Bertz CT molecular complexity index is 454. The van der Waals surface area contributed by atoms with Gasteiger partial charge in [0, 0.05) is 0 Å². The molecule has 1 amide bonds. The Hall–Kier alpha value is -1.24. The number of terminal acetylenes is 1. The first-order valence-electron chi connectivity index (χ1n) is 5.17. The first kappa shape index (κ1) is 13.8. The van der Waals surface area contributed by atoms with Gasteiger partial charge < -0.3 is 5.32 Å². The number of amides is 1. The maximum atomic E-state index is 11.8. The van der Waals surface area contributed by atoms with Crippen LogP contribution >= 0.6 is 23.2 Å². The fourth-order valence-corrected chi connectivity index (χ4v) is 1.63. The van der Waals surface area contributed by atoms with Crippen molar-refractivity contribution in [2.75, 3.05) is 0 Å². The van der Waals surface area contributed by atoms with Crippen LogP contribution in [0.4, 0.5) is 0 Å². The Kier molecular flexibility index (Phi) is 5.27. The third-order valence-electron chi connectivity index (χ3n) is 2.11. The van der Waals surface area contributed by atoms with E-state index in [1.165, 1.54) is 12.1 Å². The quantitative estimate of drug-likeness (QED) is 0.675. The lowest BCUT2D eigenvalue weighted by atomic mass is 10.1. The van der Waals surface area contributed by atoms with Gasteiger partial charge in [-0.2, -0.15) is 0 Å². The zero-order valence-corrected chi connectivity index (χ0v) is 10.8. The second-order valence-corrected chi connectivity index (χ2v) is 4.24. The third-order valence-corrected chi connectivity index (χ3v) is 2.63. The van der Waals surface area contributed by atoms with Crippen LogP contribution in [-0.2, 0) is 0 Å². The molecule has 5 heteroatoms. The molecular weight excluding hydrogens is 259 g/mol. The smallest absolute Gasteiger partial charge is 0.272 e. The van der Waals surface area contributed by atoms with Gasteiger partial charge >= 0.3 is 0 Å². The van der Waals surface area contributed by atoms with Gasteiger partial charge in [-0.1, -0.05) is 42.5 Å². The molecule has 1 unspecified atom stereocenters. The third kappa shape index (κ3) is 3.92. The van der Waals surface area contributed by atoms with Gasteiger partial charge in [0.15, 0.2) is 0 Å². The Morgan fingerprint density at radius 3 is 2.88 bits per heavy atom. The number of carbonyl (C=O) groups is 1.